The van der Waals surface area contributed by atoms with Crippen molar-refractivity contribution in [1.29, 1.82) is 0 Å². The number of anilines is 1. The van der Waals surface area contributed by atoms with Crippen molar-refractivity contribution in [3.05, 3.63) is 28.7 Å². The summed E-state index contributed by atoms with van der Waals surface area (Å²) in [5, 5.41) is 11.8. The molecule has 96 valence electrons. The molecule has 1 heterocycles. The fraction of sp³-hybridized carbons (Fsp3) is 0.333. The Kier molecular flexibility index (Phi) is 3.47. The normalized spacial score (nSPS) is 12.6. The van der Waals surface area contributed by atoms with Crippen molar-refractivity contribution in [2.45, 2.75) is 25.9 Å². The Morgan fingerprint density at radius 1 is 1.39 bits per heavy atom. The first-order valence-electron chi connectivity index (χ1n) is 5.74. The zero-order valence-electron chi connectivity index (χ0n) is 9.99. The molecular formula is C12H15N3O3. The number of carbonyl (C=O) groups excluding carboxylic acids is 1. The SMILES string of the molecule is CC(O)CCC(=O)Nc1ccc2[nH]c(=O)[nH]c2c1. The van der Waals surface area contributed by atoms with Crippen molar-refractivity contribution < 1.29 is 9.90 Å². The summed E-state index contributed by atoms with van der Waals surface area (Å²) >= 11 is 0. The first-order valence-corrected chi connectivity index (χ1v) is 5.74. The zero-order valence-corrected chi connectivity index (χ0v) is 9.99. The summed E-state index contributed by atoms with van der Waals surface area (Å²) in [6.45, 7) is 1.64. The lowest BCUT2D eigenvalue weighted by molar-refractivity contribution is -0.116. The lowest BCUT2D eigenvalue weighted by Gasteiger charge is -2.06. The molecular weight excluding hydrogens is 234 g/mol. The van der Waals surface area contributed by atoms with Crippen LogP contribution in [0.15, 0.2) is 23.0 Å². The van der Waals surface area contributed by atoms with Crippen LogP contribution in [0.25, 0.3) is 11.0 Å². The van der Waals surface area contributed by atoms with Crippen LogP contribution >= 0.6 is 0 Å². The maximum absolute atomic E-state index is 11.6. The lowest BCUT2D eigenvalue weighted by atomic mass is 10.2. The highest BCUT2D eigenvalue weighted by Crippen LogP contribution is 2.14. The first-order chi connectivity index (χ1) is 8.54. The topological polar surface area (TPSA) is 98.0 Å². The monoisotopic (exact) mass is 249 g/mol. The lowest BCUT2D eigenvalue weighted by Crippen LogP contribution is -2.13. The van der Waals surface area contributed by atoms with E-state index in [4.69, 9.17) is 5.11 Å². The van der Waals surface area contributed by atoms with Gasteiger partial charge in [0, 0.05) is 12.1 Å². The van der Waals surface area contributed by atoms with Gasteiger partial charge in [-0.05, 0) is 31.5 Å². The van der Waals surface area contributed by atoms with Crippen LogP contribution in [0, 0.1) is 0 Å². The number of aromatic amines is 2. The average Bonchev–Trinajstić information content (AvgIpc) is 2.66. The minimum absolute atomic E-state index is 0.159. The van der Waals surface area contributed by atoms with Gasteiger partial charge < -0.3 is 20.4 Å². The zero-order chi connectivity index (χ0) is 13.1. The number of benzene rings is 1. The van der Waals surface area contributed by atoms with Crippen LogP contribution in [-0.4, -0.2) is 27.1 Å². The third-order valence-electron chi connectivity index (χ3n) is 2.59. The highest BCUT2D eigenvalue weighted by Gasteiger charge is 2.06. The minimum Gasteiger partial charge on any atom is -0.393 e. The molecule has 0 spiro atoms. The van der Waals surface area contributed by atoms with E-state index in [2.05, 4.69) is 15.3 Å². The van der Waals surface area contributed by atoms with Crippen molar-refractivity contribution in [2.24, 2.45) is 0 Å². The van der Waals surface area contributed by atoms with Crippen molar-refractivity contribution >= 4 is 22.6 Å². The number of H-pyrrole nitrogens is 2. The van der Waals surface area contributed by atoms with Gasteiger partial charge in [-0.15, -0.1) is 0 Å². The fourth-order valence-electron chi connectivity index (χ4n) is 1.67. The van der Waals surface area contributed by atoms with Gasteiger partial charge in [-0.2, -0.15) is 0 Å². The third-order valence-corrected chi connectivity index (χ3v) is 2.59. The van der Waals surface area contributed by atoms with Gasteiger partial charge in [0.15, 0.2) is 0 Å². The maximum Gasteiger partial charge on any atom is 0.323 e. The van der Waals surface area contributed by atoms with E-state index in [9.17, 15) is 9.59 Å². The molecule has 6 heteroatoms. The molecule has 0 radical (unpaired) electrons. The van der Waals surface area contributed by atoms with E-state index in [0.717, 1.165) is 0 Å². The number of rotatable bonds is 4. The highest BCUT2D eigenvalue weighted by atomic mass is 16.3. The number of carbonyl (C=O) groups is 1. The highest BCUT2D eigenvalue weighted by molar-refractivity contribution is 5.92. The molecule has 2 rings (SSSR count). The van der Waals surface area contributed by atoms with Crippen LogP contribution in [0.4, 0.5) is 5.69 Å². The Bertz CT molecular complexity index is 612. The van der Waals surface area contributed by atoms with E-state index in [1.54, 1.807) is 25.1 Å². The third kappa shape index (κ3) is 2.98. The van der Waals surface area contributed by atoms with Crippen LogP contribution < -0.4 is 11.0 Å². The van der Waals surface area contributed by atoms with Crippen molar-refractivity contribution in [3.8, 4) is 0 Å². The molecule has 1 atom stereocenters. The molecule has 18 heavy (non-hydrogen) atoms. The summed E-state index contributed by atoms with van der Waals surface area (Å²) in [5.41, 5.74) is 1.69. The minimum atomic E-state index is -0.487. The smallest absolute Gasteiger partial charge is 0.323 e. The standard InChI is InChI=1S/C12H15N3O3/c1-7(16)2-5-11(17)13-8-3-4-9-10(6-8)15-12(18)14-9/h3-4,6-7,16H,2,5H2,1H3,(H,13,17)(H2,14,15,18). The van der Waals surface area contributed by atoms with Gasteiger partial charge in [0.2, 0.25) is 5.91 Å². The second-order valence-corrected chi connectivity index (χ2v) is 4.28. The number of hydrogen-bond acceptors (Lipinski definition) is 3. The molecule has 1 unspecified atom stereocenters. The van der Waals surface area contributed by atoms with E-state index in [-0.39, 0.29) is 18.0 Å². The largest absolute Gasteiger partial charge is 0.393 e. The molecule has 1 aromatic heterocycles. The summed E-state index contributed by atoms with van der Waals surface area (Å²) in [4.78, 5) is 27.9. The molecule has 1 amide bonds. The van der Waals surface area contributed by atoms with Gasteiger partial charge in [0.25, 0.3) is 0 Å². The molecule has 0 aliphatic rings. The van der Waals surface area contributed by atoms with Crippen molar-refractivity contribution in [2.75, 3.05) is 5.32 Å². The van der Waals surface area contributed by atoms with Crippen molar-refractivity contribution in [3.63, 3.8) is 0 Å². The molecule has 4 N–H and O–H groups in total. The molecule has 0 aliphatic carbocycles. The first kappa shape index (κ1) is 12.4. The van der Waals surface area contributed by atoms with Crippen LogP contribution in [0.1, 0.15) is 19.8 Å². The van der Waals surface area contributed by atoms with Crippen LogP contribution in [-0.2, 0) is 4.79 Å². The molecule has 0 bridgehead atoms. The maximum atomic E-state index is 11.6. The predicted octanol–water partition coefficient (Wildman–Crippen LogP) is 0.956. The van der Waals surface area contributed by atoms with Gasteiger partial charge in [0.05, 0.1) is 17.1 Å². The van der Waals surface area contributed by atoms with Crippen LogP contribution in [0.5, 0.6) is 0 Å². The van der Waals surface area contributed by atoms with E-state index in [0.29, 0.717) is 23.1 Å². The van der Waals surface area contributed by atoms with E-state index in [1.807, 2.05) is 0 Å². The van der Waals surface area contributed by atoms with Gasteiger partial charge in [-0.3, -0.25) is 4.79 Å². The fourth-order valence-corrected chi connectivity index (χ4v) is 1.67. The molecule has 2 aromatic rings. The van der Waals surface area contributed by atoms with Gasteiger partial charge in [-0.25, -0.2) is 4.79 Å². The predicted molar refractivity (Wildman–Crippen MR) is 68.5 cm³/mol. The number of amides is 1. The van der Waals surface area contributed by atoms with Crippen LogP contribution in [0.2, 0.25) is 0 Å². The summed E-state index contributed by atoms with van der Waals surface area (Å²) in [7, 11) is 0. The summed E-state index contributed by atoms with van der Waals surface area (Å²) in [5.74, 6) is -0.159. The quantitative estimate of drug-likeness (QED) is 0.649. The van der Waals surface area contributed by atoms with Gasteiger partial charge in [0.1, 0.15) is 0 Å². The Labute approximate surface area is 103 Å². The number of aliphatic hydroxyl groups is 1. The number of nitrogens with one attached hydrogen (secondary N) is 3. The molecule has 0 saturated carbocycles. The average molecular weight is 249 g/mol. The van der Waals surface area contributed by atoms with E-state index < -0.39 is 6.10 Å². The molecule has 0 fully saturated rings. The van der Waals surface area contributed by atoms with Crippen molar-refractivity contribution in [1.82, 2.24) is 9.97 Å². The molecule has 0 aliphatic heterocycles. The molecule has 0 saturated heterocycles. The number of imidazole rings is 1. The summed E-state index contributed by atoms with van der Waals surface area (Å²) in [6, 6.07) is 5.12. The van der Waals surface area contributed by atoms with E-state index >= 15 is 0 Å². The number of aromatic nitrogens is 2. The number of hydrogen-bond donors (Lipinski definition) is 4. The molecule has 6 nitrogen and oxygen atoms in total. The second kappa shape index (κ2) is 5.05. The Morgan fingerprint density at radius 2 is 2.11 bits per heavy atom. The van der Waals surface area contributed by atoms with E-state index in [1.165, 1.54) is 0 Å². The summed E-state index contributed by atoms with van der Waals surface area (Å²) in [6.07, 6.45) is 0.202. The van der Waals surface area contributed by atoms with Gasteiger partial charge in [-0.1, -0.05) is 0 Å². The summed E-state index contributed by atoms with van der Waals surface area (Å²) < 4.78 is 0. The Hall–Kier alpha value is -2.08. The number of aliphatic hydroxyl groups excluding tert-OH is 1. The van der Waals surface area contributed by atoms with Crippen LogP contribution in [0.3, 0.4) is 0 Å². The Balaban J connectivity index is 2.07. The second-order valence-electron chi connectivity index (χ2n) is 4.28. The van der Waals surface area contributed by atoms with Gasteiger partial charge >= 0.3 is 5.69 Å². The Morgan fingerprint density at radius 3 is 2.83 bits per heavy atom. The molecule has 1 aromatic carbocycles. The number of fused-ring (bicyclic) bond motifs is 1.